The average Bonchev–Trinajstić information content (AvgIpc) is 3.75. The van der Waals surface area contributed by atoms with Crippen LogP contribution in [0.1, 0.15) is 73.9 Å². The van der Waals surface area contributed by atoms with Crippen LogP contribution in [0.3, 0.4) is 0 Å². The first kappa shape index (κ1) is 37.3. The molecule has 10 rings (SSSR count). The molecule has 57 heavy (non-hydrogen) atoms. The fourth-order valence-corrected chi connectivity index (χ4v) is 8.65. The van der Waals surface area contributed by atoms with E-state index in [0.29, 0.717) is 6.42 Å². The van der Waals surface area contributed by atoms with Gasteiger partial charge in [0, 0.05) is 17.5 Å². The van der Waals surface area contributed by atoms with E-state index in [1.807, 2.05) is 19.9 Å². The molecule has 0 aromatic heterocycles. The van der Waals surface area contributed by atoms with Crippen molar-refractivity contribution in [1.82, 2.24) is 5.32 Å². The number of amidine groups is 2. The van der Waals surface area contributed by atoms with Crippen LogP contribution in [0.25, 0.3) is 44.5 Å². The average molecular weight is 740 g/mol. The van der Waals surface area contributed by atoms with E-state index in [1.54, 1.807) is 0 Å². The third kappa shape index (κ3) is 6.53. The summed E-state index contributed by atoms with van der Waals surface area (Å²) in [5.74, 6) is 1.62. The first-order chi connectivity index (χ1) is 28.1. The molecule has 1 spiro atoms. The van der Waals surface area contributed by atoms with Crippen LogP contribution >= 0.6 is 0 Å². The van der Waals surface area contributed by atoms with Crippen molar-refractivity contribution in [3.8, 4) is 44.5 Å². The van der Waals surface area contributed by atoms with Gasteiger partial charge in [-0.3, -0.25) is 0 Å². The maximum atomic E-state index is 5.20. The minimum absolute atomic E-state index is 0.295. The molecule has 1 aliphatic heterocycles. The van der Waals surface area contributed by atoms with Crippen molar-refractivity contribution in [3.05, 3.63) is 216 Å². The van der Waals surface area contributed by atoms with E-state index in [-0.39, 0.29) is 6.17 Å². The largest absolute Gasteiger partial charge is 0.324 e. The lowest BCUT2D eigenvalue weighted by Gasteiger charge is -2.31. The molecule has 280 valence electrons. The summed E-state index contributed by atoms with van der Waals surface area (Å²) < 4.78 is 0. The van der Waals surface area contributed by atoms with Gasteiger partial charge in [-0.1, -0.05) is 186 Å². The Morgan fingerprint density at radius 2 is 0.877 bits per heavy atom. The second-order valence-electron chi connectivity index (χ2n) is 14.5. The van der Waals surface area contributed by atoms with Crippen LogP contribution in [0.5, 0.6) is 0 Å². The van der Waals surface area contributed by atoms with Crippen molar-refractivity contribution >= 4 is 11.7 Å². The Labute approximate surface area is 338 Å². The molecule has 2 aliphatic carbocycles. The van der Waals surface area contributed by atoms with Crippen LogP contribution in [-0.4, -0.2) is 17.8 Å². The molecule has 1 unspecified atom stereocenters. The molecule has 0 fully saturated rings. The molecule has 1 N–H and O–H groups in total. The predicted octanol–water partition coefficient (Wildman–Crippen LogP) is 13.5. The van der Waals surface area contributed by atoms with Gasteiger partial charge in [-0.2, -0.15) is 0 Å². The third-order valence-electron chi connectivity index (χ3n) is 10.9. The van der Waals surface area contributed by atoms with Crippen molar-refractivity contribution < 1.29 is 0 Å². The highest BCUT2D eigenvalue weighted by Gasteiger charge is 2.51. The molecule has 0 saturated heterocycles. The topological polar surface area (TPSA) is 36.8 Å². The van der Waals surface area contributed by atoms with Crippen molar-refractivity contribution in [2.45, 2.75) is 52.1 Å². The number of rotatable bonds is 6. The van der Waals surface area contributed by atoms with Crippen molar-refractivity contribution in [1.29, 1.82) is 0 Å². The van der Waals surface area contributed by atoms with Crippen LogP contribution in [-0.2, 0) is 5.41 Å². The maximum absolute atomic E-state index is 5.20. The molecule has 7 aromatic carbocycles. The summed E-state index contributed by atoms with van der Waals surface area (Å²) in [6, 6.07) is 61.5. The number of benzene rings is 7. The normalized spacial score (nSPS) is 14.8. The molecule has 1 atom stereocenters. The quantitative estimate of drug-likeness (QED) is 0.169. The van der Waals surface area contributed by atoms with E-state index in [1.165, 1.54) is 50.9 Å². The highest BCUT2D eigenvalue weighted by Crippen LogP contribution is 2.62. The summed E-state index contributed by atoms with van der Waals surface area (Å²) in [6.45, 7) is 12.3. The highest BCUT2D eigenvalue weighted by atomic mass is 15.2. The summed E-state index contributed by atoms with van der Waals surface area (Å²) in [7, 11) is 0. The number of nitrogens with one attached hydrogen (secondary N) is 1. The molecular formula is C54H49N3. The fraction of sp³-hybridized carbons (Fsp3) is 0.148. The van der Waals surface area contributed by atoms with E-state index in [0.717, 1.165) is 45.1 Å². The summed E-state index contributed by atoms with van der Waals surface area (Å²) in [6.07, 6.45) is 3.51. The Kier molecular flexibility index (Phi) is 10.7. The second-order valence-corrected chi connectivity index (χ2v) is 14.5. The van der Waals surface area contributed by atoms with Crippen molar-refractivity contribution in [3.63, 3.8) is 0 Å². The van der Waals surface area contributed by atoms with Crippen molar-refractivity contribution in [2.75, 3.05) is 0 Å². The molecular weight excluding hydrogens is 691 g/mol. The van der Waals surface area contributed by atoms with Crippen molar-refractivity contribution in [2.24, 2.45) is 9.98 Å². The lowest BCUT2D eigenvalue weighted by Crippen LogP contribution is -2.38. The summed E-state index contributed by atoms with van der Waals surface area (Å²) in [5.41, 5.74) is 16.7. The van der Waals surface area contributed by atoms with Crippen LogP contribution in [0.15, 0.2) is 192 Å². The zero-order valence-corrected chi connectivity index (χ0v) is 33.3. The van der Waals surface area contributed by atoms with E-state index in [4.69, 9.17) is 9.98 Å². The summed E-state index contributed by atoms with van der Waals surface area (Å²) in [4.78, 5) is 10.4. The zero-order valence-electron chi connectivity index (χ0n) is 33.3. The lowest BCUT2D eigenvalue weighted by atomic mass is 9.70. The van der Waals surface area contributed by atoms with Gasteiger partial charge in [-0.15, -0.1) is 6.58 Å². The van der Waals surface area contributed by atoms with Crippen LogP contribution in [0, 0.1) is 0 Å². The summed E-state index contributed by atoms with van der Waals surface area (Å²) >= 11 is 0. The Hall–Kier alpha value is -6.58. The minimum atomic E-state index is -0.420. The lowest BCUT2D eigenvalue weighted by molar-refractivity contribution is 0.709. The molecule has 3 heteroatoms. The number of fused-ring (bicyclic) bond motifs is 10. The van der Waals surface area contributed by atoms with Gasteiger partial charge in [0.15, 0.2) is 0 Å². The predicted molar refractivity (Wildman–Crippen MR) is 242 cm³/mol. The Morgan fingerprint density at radius 3 is 1.35 bits per heavy atom. The van der Waals surface area contributed by atoms with E-state index in [2.05, 4.69) is 196 Å². The van der Waals surface area contributed by atoms with Gasteiger partial charge in [-0.25, -0.2) is 9.98 Å². The highest BCUT2D eigenvalue weighted by molar-refractivity contribution is 6.17. The first-order valence-corrected chi connectivity index (χ1v) is 20.4. The Bertz CT molecular complexity index is 2490. The van der Waals surface area contributed by atoms with Crippen LogP contribution in [0.2, 0.25) is 0 Å². The Balaban J connectivity index is 0.000000871. The number of aliphatic imine (C=N–C) groups is 2. The third-order valence-corrected chi connectivity index (χ3v) is 10.9. The van der Waals surface area contributed by atoms with Gasteiger partial charge < -0.3 is 5.32 Å². The Morgan fingerprint density at radius 1 is 0.474 bits per heavy atom. The number of hydrogen-bond donors (Lipinski definition) is 1. The molecule has 3 aliphatic rings. The van der Waals surface area contributed by atoms with E-state index >= 15 is 0 Å². The van der Waals surface area contributed by atoms with Gasteiger partial charge in [0.05, 0.1) is 5.41 Å². The van der Waals surface area contributed by atoms with Gasteiger partial charge in [0.25, 0.3) is 0 Å². The van der Waals surface area contributed by atoms with Gasteiger partial charge in [-0.05, 0) is 91.0 Å². The second kappa shape index (κ2) is 16.3. The first-order valence-electron chi connectivity index (χ1n) is 20.4. The molecule has 0 saturated carbocycles. The van der Waals surface area contributed by atoms with Gasteiger partial charge in [0.2, 0.25) is 0 Å². The standard InChI is InChI=1S/C49H35N3.C3H8.C2H6/c1-2-15-46-50-47(52-48(51-46)37-29-35(32-16-5-3-6-17-32)28-36(30-37)33-18-7-4-8-19-33)34-26-27-41-40-22-11-14-25-44(40)49(45(41)31-34)42-23-12-9-20-38(42)39-21-10-13-24-43(39)49;1-3-2;1-2/h2-14,16-31,46H,1,15H2,(H,50,51,52);3H2,1-2H3;1-2H3. The smallest absolute Gasteiger partial charge is 0.147 e. The fourth-order valence-electron chi connectivity index (χ4n) is 8.65. The van der Waals surface area contributed by atoms with E-state index in [9.17, 15) is 0 Å². The van der Waals surface area contributed by atoms with Gasteiger partial charge in [0.1, 0.15) is 17.8 Å². The number of hydrogen-bond acceptors (Lipinski definition) is 3. The molecule has 3 nitrogen and oxygen atoms in total. The zero-order chi connectivity index (χ0) is 39.4. The van der Waals surface area contributed by atoms with Crippen LogP contribution < -0.4 is 5.32 Å². The van der Waals surface area contributed by atoms with E-state index < -0.39 is 5.41 Å². The SMILES string of the molecule is C=CCC1N=C(c2cc(-c3ccccc3)cc(-c3ccccc3)c2)NC(c2ccc3c(c2)C2(c4ccccc4-c4ccccc42)c2ccccc2-3)=N1.CC.CCC. The monoisotopic (exact) mass is 739 g/mol. The van der Waals surface area contributed by atoms with Crippen LogP contribution in [0.4, 0.5) is 0 Å². The molecule has 0 amide bonds. The number of nitrogens with zero attached hydrogens (tertiary/aromatic N) is 2. The molecule has 7 aromatic rings. The molecule has 1 heterocycles. The maximum Gasteiger partial charge on any atom is 0.147 e. The summed E-state index contributed by atoms with van der Waals surface area (Å²) in [5, 5.41) is 3.73. The molecule has 0 bridgehead atoms. The molecule has 0 radical (unpaired) electrons. The van der Waals surface area contributed by atoms with Gasteiger partial charge >= 0.3 is 0 Å². The minimum Gasteiger partial charge on any atom is -0.324 e.